The quantitative estimate of drug-likeness (QED) is 0.677. The van der Waals surface area contributed by atoms with Crippen molar-refractivity contribution in [1.82, 2.24) is 19.9 Å². The van der Waals surface area contributed by atoms with E-state index in [0.29, 0.717) is 28.4 Å². The van der Waals surface area contributed by atoms with Gasteiger partial charge in [0.2, 0.25) is 5.91 Å². The number of aromatic nitrogens is 4. The second kappa shape index (κ2) is 8.03. The van der Waals surface area contributed by atoms with Crippen molar-refractivity contribution in [2.75, 3.05) is 10.6 Å². The van der Waals surface area contributed by atoms with Gasteiger partial charge in [0, 0.05) is 17.3 Å². The molecule has 0 aliphatic heterocycles. The van der Waals surface area contributed by atoms with Gasteiger partial charge < -0.3 is 15.2 Å². The number of nitrogens with zero attached hydrogens (tertiary/aromatic N) is 4. The third-order valence-corrected chi connectivity index (χ3v) is 4.26. The average Bonchev–Trinajstić information content (AvgIpc) is 3.32. The monoisotopic (exact) mass is 382 g/mol. The second-order valence-electron chi connectivity index (χ2n) is 6.73. The maximum absolute atomic E-state index is 12.6. The van der Waals surface area contributed by atoms with E-state index in [1.54, 1.807) is 38.1 Å². The highest BCUT2D eigenvalue weighted by molar-refractivity contribution is 6.06. The highest BCUT2D eigenvalue weighted by atomic mass is 16.5. The predicted octanol–water partition coefficient (Wildman–Crippen LogP) is 3.15. The summed E-state index contributed by atoms with van der Waals surface area (Å²) < 4.78 is 6.73. The minimum Gasteiger partial charge on any atom is -0.360 e. The topological polar surface area (TPSA) is 115 Å². The molecule has 9 heteroatoms. The summed E-state index contributed by atoms with van der Waals surface area (Å²) in [4.78, 5) is 28.7. The normalized spacial score (nSPS) is 12.0. The van der Waals surface area contributed by atoms with Crippen molar-refractivity contribution in [3.63, 3.8) is 0 Å². The maximum Gasteiger partial charge on any atom is 0.261 e. The molecule has 3 aromatic rings. The highest BCUT2D eigenvalue weighted by Crippen LogP contribution is 2.24. The van der Waals surface area contributed by atoms with E-state index in [0.717, 1.165) is 0 Å². The Bertz CT molecular complexity index is 960. The number of anilines is 2. The highest BCUT2D eigenvalue weighted by Gasteiger charge is 2.22. The fourth-order valence-electron chi connectivity index (χ4n) is 2.67. The van der Waals surface area contributed by atoms with Crippen LogP contribution in [0.4, 0.5) is 11.4 Å². The zero-order valence-corrected chi connectivity index (χ0v) is 16.1. The fourth-order valence-corrected chi connectivity index (χ4v) is 2.67. The molecule has 28 heavy (non-hydrogen) atoms. The Morgan fingerprint density at radius 3 is 2.29 bits per heavy atom. The van der Waals surface area contributed by atoms with Crippen molar-refractivity contribution in [2.24, 2.45) is 0 Å². The van der Waals surface area contributed by atoms with E-state index in [-0.39, 0.29) is 17.7 Å². The molecule has 0 unspecified atom stereocenters. The zero-order chi connectivity index (χ0) is 20.3. The Labute approximate surface area is 162 Å². The molecule has 0 fully saturated rings. The number of nitrogens with one attached hydrogen (secondary N) is 2. The molecule has 3 rings (SSSR count). The molecular weight excluding hydrogens is 360 g/mol. The first-order valence-corrected chi connectivity index (χ1v) is 8.89. The lowest BCUT2D eigenvalue weighted by Crippen LogP contribution is -2.24. The smallest absolute Gasteiger partial charge is 0.261 e. The molecule has 2 amide bonds. The molecule has 0 bridgehead atoms. The van der Waals surface area contributed by atoms with E-state index in [9.17, 15) is 9.59 Å². The summed E-state index contributed by atoms with van der Waals surface area (Å²) in [5.74, 6) is 0.107. The van der Waals surface area contributed by atoms with E-state index in [1.165, 1.54) is 17.3 Å². The summed E-state index contributed by atoms with van der Waals surface area (Å²) in [7, 11) is 0. The van der Waals surface area contributed by atoms with Crippen molar-refractivity contribution in [3.05, 3.63) is 53.9 Å². The molecule has 2 aromatic heterocycles. The van der Waals surface area contributed by atoms with Gasteiger partial charge in [-0.3, -0.25) is 9.59 Å². The van der Waals surface area contributed by atoms with Crippen molar-refractivity contribution < 1.29 is 14.1 Å². The number of amides is 2. The van der Waals surface area contributed by atoms with Gasteiger partial charge in [-0.25, -0.2) is 9.67 Å². The summed E-state index contributed by atoms with van der Waals surface area (Å²) in [6, 6.07) is 6.36. The van der Waals surface area contributed by atoms with Crippen LogP contribution in [0.15, 0.2) is 41.4 Å². The lowest BCUT2D eigenvalue weighted by Gasteiger charge is -2.12. The second-order valence-corrected chi connectivity index (χ2v) is 6.73. The first-order valence-electron chi connectivity index (χ1n) is 8.89. The minimum absolute atomic E-state index is 0.0477. The average molecular weight is 382 g/mol. The van der Waals surface area contributed by atoms with Gasteiger partial charge in [0.25, 0.3) is 5.91 Å². The van der Waals surface area contributed by atoms with Crippen LogP contribution in [0.1, 0.15) is 54.5 Å². The third-order valence-electron chi connectivity index (χ3n) is 4.26. The molecule has 1 aromatic carbocycles. The van der Waals surface area contributed by atoms with Gasteiger partial charge in [0.1, 0.15) is 24.3 Å². The van der Waals surface area contributed by atoms with Crippen LogP contribution >= 0.6 is 0 Å². The number of carbonyl (C=O) groups is 2. The van der Waals surface area contributed by atoms with Gasteiger partial charge >= 0.3 is 0 Å². The van der Waals surface area contributed by atoms with Crippen molar-refractivity contribution in [2.45, 2.75) is 39.7 Å². The van der Waals surface area contributed by atoms with E-state index >= 15 is 0 Å². The van der Waals surface area contributed by atoms with E-state index in [1.807, 2.05) is 13.8 Å². The Morgan fingerprint density at radius 2 is 1.71 bits per heavy atom. The Balaban J connectivity index is 1.66. The number of rotatable bonds is 6. The Kier molecular flexibility index (Phi) is 5.53. The molecule has 1 atom stereocenters. The predicted molar refractivity (Wildman–Crippen MR) is 103 cm³/mol. The number of aryl methyl sites for hydroxylation is 1. The molecule has 146 valence electrons. The SMILES string of the molecule is Cc1noc(C(C)C)c1C(=O)Nc1ccc(NC(=O)[C@@H](C)n2cncn2)cc1. The lowest BCUT2D eigenvalue weighted by atomic mass is 10.0. The standard InChI is InChI=1S/C19H22N6O3/c1-11(2)17-16(12(3)24-28-17)19(27)23-15-7-5-14(6-8-15)22-18(26)13(4)25-10-20-9-21-25/h5-11,13H,1-4H3,(H,22,26)(H,23,27)/t13-/m1/s1. The summed E-state index contributed by atoms with van der Waals surface area (Å²) in [6.45, 7) is 7.34. The molecule has 0 aliphatic carbocycles. The van der Waals surface area contributed by atoms with E-state index in [4.69, 9.17) is 4.52 Å². The van der Waals surface area contributed by atoms with Crippen molar-refractivity contribution in [3.8, 4) is 0 Å². The first-order chi connectivity index (χ1) is 13.4. The van der Waals surface area contributed by atoms with Gasteiger partial charge in [0.15, 0.2) is 5.76 Å². The Hall–Kier alpha value is -3.49. The minimum atomic E-state index is -0.493. The van der Waals surface area contributed by atoms with Gasteiger partial charge in [-0.2, -0.15) is 5.10 Å². The van der Waals surface area contributed by atoms with Crippen LogP contribution in [-0.4, -0.2) is 31.7 Å². The molecule has 0 aliphatic rings. The molecule has 0 radical (unpaired) electrons. The number of carbonyl (C=O) groups excluding carboxylic acids is 2. The van der Waals surface area contributed by atoms with Crippen LogP contribution in [0.25, 0.3) is 0 Å². The van der Waals surface area contributed by atoms with Crippen molar-refractivity contribution in [1.29, 1.82) is 0 Å². The van der Waals surface area contributed by atoms with Crippen LogP contribution in [0, 0.1) is 6.92 Å². The fraction of sp³-hybridized carbons (Fsp3) is 0.316. The number of hydrogen-bond acceptors (Lipinski definition) is 6. The van der Waals surface area contributed by atoms with Crippen LogP contribution in [-0.2, 0) is 4.79 Å². The molecule has 9 nitrogen and oxygen atoms in total. The van der Waals surface area contributed by atoms with Crippen LogP contribution in [0.5, 0.6) is 0 Å². The van der Waals surface area contributed by atoms with E-state index in [2.05, 4.69) is 25.9 Å². The third kappa shape index (κ3) is 4.08. The lowest BCUT2D eigenvalue weighted by molar-refractivity contribution is -0.119. The van der Waals surface area contributed by atoms with Gasteiger partial charge in [-0.1, -0.05) is 19.0 Å². The van der Waals surface area contributed by atoms with E-state index < -0.39 is 6.04 Å². The number of hydrogen-bond donors (Lipinski definition) is 2. The summed E-state index contributed by atoms with van der Waals surface area (Å²) in [5, 5.41) is 13.5. The van der Waals surface area contributed by atoms with Gasteiger partial charge in [-0.05, 0) is 38.1 Å². The summed E-state index contributed by atoms with van der Waals surface area (Å²) in [5.41, 5.74) is 2.21. The Morgan fingerprint density at radius 1 is 1.07 bits per heavy atom. The molecule has 2 heterocycles. The molecule has 2 N–H and O–H groups in total. The van der Waals surface area contributed by atoms with Crippen molar-refractivity contribution >= 4 is 23.2 Å². The maximum atomic E-state index is 12.6. The molecule has 0 saturated carbocycles. The zero-order valence-electron chi connectivity index (χ0n) is 16.1. The van der Waals surface area contributed by atoms with Crippen LogP contribution < -0.4 is 10.6 Å². The van der Waals surface area contributed by atoms with Gasteiger partial charge in [0.05, 0.1) is 5.69 Å². The number of benzene rings is 1. The largest absolute Gasteiger partial charge is 0.360 e. The van der Waals surface area contributed by atoms with Crippen LogP contribution in [0.2, 0.25) is 0 Å². The molecule has 0 saturated heterocycles. The molecule has 0 spiro atoms. The van der Waals surface area contributed by atoms with Crippen LogP contribution in [0.3, 0.4) is 0 Å². The summed E-state index contributed by atoms with van der Waals surface area (Å²) >= 11 is 0. The molecular formula is C19H22N6O3. The van der Waals surface area contributed by atoms with Gasteiger partial charge in [-0.15, -0.1) is 0 Å². The first kappa shape index (κ1) is 19.3. The summed E-state index contributed by atoms with van der Waals surface area (Å²) in [6.07, 6.45) is 2.87.